The van der Waals surface area contributed by atoms with Crippen molar-refractivity contribution in [3.05, 3.63) is 78.3 Å². The van der Waals surface area contributed by atoms with Crippen molar-refractivity contribution in [2.75, 3.05) is 11.6 Å². The Balaban J connectivity index is 1.28. The van der Waals surface area contributed by atoms with E-state index in [-0.39, 0.29) is 23.0 Å². The van der Waals surface area contributed by atoms with Gasteiger partial charge in [-0.15, -0.1) is 0 Å². The smallest absolute Gasteiger partial charge is 0.227 e. The quantitative estimate of drug-likeness (QED) is 0.186. The molecule has 0 radical (unpaired) electrons. The summed E-state index contributed by atoms with van der Waals surface area (Å²) in [6, 6.07) is 10.1. The van der Waals surface area contributed by atoms with Crippen molar-refractivity contribution in [3.63, 3.8) is 0 Å². The normalized spacial score (nSPS) is 14.5. The minimum Gasteiger partial charge on any atom is -0.336 e. The highest BCUT2D eigenvalue weighted by molar-refractivity contribution is 7.90. The van der Waals surface area contributed by atoms with Crippen molar-refractivity contribution in [2.24, 2.45) is 11.7 Å². The monoisotopic (exact) mass is 628 g/mol. The zero-order valence-corrected chi connectivity index (χ0v) is 24.6. The first-order valence-corrected chi connectivity index (χ1v) is 16.0. The second-order valence-corrected chi connectivity index (χ2v) is 13.4. The Bertz CT molecular complexity index is 2240. The van der Waals surface area contributed by atoms with E-state index < -0.39 is 26.8 Å². The number of pyridine rings is 2. The summed E-state index contributed by atoms with van der Waals surface area (Å²) in [7, 11) is -3.69. The van der Waals surface area contributed by atoms with Crippen LogP contribution < -0.4 is 11.1 Å². The predicted octanol–water partition coefficient (Wildman–Crippen LogP) is 5.25. The molecule has 6 aromatic rings. The van der Waals surface area contributed by atoms with E-state index in [9.17, 15) is 17.6 Å². The van der Waals surface area contributed by atoms with E-state index in [0.717, 1.165) is 31.6 Å². The Morgan fingerprint density at radius 3 is 2.62 bits per heavy atom. The van der Waals surface area contributed by atoms with E-state index in [4.69, 9.17) is 10.7 Å². The molecule has 7 rings (SSSR count). The third kappa shape index (κ3) is 5.31. The van der Waals surface area contributed by atoms with E-state index in [1.54, 1.807) is 18.2 Å². The Labute approximate surface area is 255 Å². The molecule has 228 valence electrons. The van der Waals surface area contributed by atoms with Gasteiger partial charge in [-0.05, 0) is 54.8 Å². The number of rotatable bonds is 7. The van der Waals surface area contributed by atoms with Crippen molar-refractivity contribution in [1.29, 1.82) is 0 Å². The Morgan fingerprint density at radius 2 is 1.87 bits per heavy atom. The second kappa shape index (κ2) is 10.8. The SMILES string of the molecule is CS(=O)(=O)C(N)c1cc(F)cc(-c2nccc3[nH]c(-c4n[nH]c5cc(F)c(-c6cncc(NC(=O)C7CCC7)c6)cc45)nc23)c1. The molecular formula is C31H26F2N8O3S. The lowest BCUT2D eigenvalue weighted by Crippen LogP contribution is -2.28. The molecule has 1 fully saturated rings. The first-order chi connectivity index (χ1) is 21.5. The molecule has 4 heterocycles. The Kier molecular flexibility index (Phi) is 6.89. The molecule has 0 spiro atoms. The number of hydrogen-bond acceptors (Lipinski definition) is 8. The molecule has 14 heteroatoms. The van der Waals surface area contributed by atoms with Gasteiger partial charge >= 0.3 is 0 Å². The van der Waals surface area contributed by atoms with Crippen LogP contribution >= 0.6 is 0 Å². The molecule has 4 aromatic heterocycles. The van der Waals surface area contributed by atoms with Gasteiger partial charge in [0.05, 0.1) is 28.6 Å². The minimum atomic E-state index is -3.69. The Hall–Kier alpha value is -5.08. The van der Waals surface area contributed by atoms with Crippen LogP contribution in [0.1, 0.15) is 30.2 Å². The fourth-order valence-electron chi connectivity index (χ4n) is 5.43. The van der Waals surface area contributed by atoms with E-state index in [0.29, 0.717) is 56.0 Å². The fourth-order valence-corrected chi connectivity index (χ4v) is 6.06. The van der Waals surface area contributed by atoms with Gasteiger partial charge in [-0.3, -0.25) is 19.9 Å². The van der Waals surface area contributed by atoms with Crippen LogP contribution in [0.2, 0.25) is 0 Å². The maximum absolute atomic E-state index is 15.3. The van der Waals surface area contributed by atoms with Crippen LogP contribution in [0.15, 0.2) is 61.1 Å². The van der Waals surface area contributed by atoms with Gasteiger partial charge < -0.3 is 16.0 Å². The van der Waals surface area contributed by atoms with Crippen molar-refractivity contribution in [2.45, 2.75) is 24.6 Å². The number of aromatic nitrogens is 6. The molecule has 5 N–H and O–H groups in total. The summed E-state index contributed by atoms with van der Waals surface area (Å²) < 4.78 is 54.1. The van der Waals surface area contributed by atoms with Crippen LogP contribution in [0.5, 0.6) is 0 Å². The molecule has 1 atom stereocenters. The summed E-state index contributed by atoms with van der Waals surface area (Å²) in [6.07, 6.45) is 8.28. The van der Waals surface area contributed by atoms with E-state index in [2.05, 4.69) is 30.5 Å². The minimum absolute atomic E-state index is 0.0113. The standard InChI is InChI=1S/C31H26F2N8O3S/c1-45(43,44)29(34)17-7-16(8-19(32)9-17)26-28-24(5-6-36-26)38-30(39-28)27-22-11-21(23(33)12-25(22)40-41-27)18-10-20(14-35-13-18)37-31(42)15-3-2-4-15/h5-15,29H,2-4,34H2,1H3,(H,37,42)(H,38,39)(H,40,41). The number of amides is 1. The largest absolute Gasteiger partial charge is 0.336 e. The molecule has 1 saturated carbocycles. The first kappa shape index (κ1) is 28.7. The number of nitrogens with one attached hydrogen (secondary N) is 3. The topological polar surface area (TPSA) is 172 Å². The number of fused-ring (bicyclic) bond motifs is 2. The molecular weight excluding hydrogens is 602 g/mol. The highest BCUT2D eigenvalue weighted by Gasteiger charge is 2.26. The average molecular weight is 629 g/mol. The number of nitrogens with zero attached hydrogens (tertiary/aromatic N) is 4. The predicted molar refractivity (Wildman–Crippen MR) is 165 cm³/mol. The molecule has 1 aliphatic rings. The highest BCUT2D eigenvalue weighted by atomic mass is 32.2. The Morgan fingerprint density at radius 1 is 1.04 bits per heavy atom. The summed E-state index contributed by atoms with van der Waals surface area (Å²) in [6.45, 7) is 0. The summed E-state index contributed by atoms with van der Waals surface area (Å²) >= 11 is 0. The number of hydrogen-bond donors (Lipinski definition) is 4. The summed E-state index contributed by atoms with van der Waals surface area (Å²) in [5.74, 6) is -0.924. The van der Waals surface area contributed by atoms with Crippen LogP contribution in [0, 0.1) is 17.6 Å². The van der Waals surface area contributed by atoms with Gasteiger partial charge in [-0.2, -0.15) is 5.10 Å². The third-order valence-corrected chi connectivity index (χ3v) is 9.25. The zero-order valence-electron chi connectivity index (χ0n) is 23.8. The van der Waals surface area contributed by atoms with Gasteiger partial charge in [0, 0.05) is 52.7 Å². The lowest BCUT2D eigenvalue weighted by atomic mass is 9.85. The van der Waals surface area contributed by atoms with Crippen LogP contribution in [-0.2, 0) is 14.6 Å². The van der Waals surface area contributed by atoms with E-state index >= 15 is 4.39 Å². The fraction of sp³-hybridized carbons (Fsp3) is 0.194. The number of carbonyl (C=O) groups excluding carboxylic acids is 1. The molecule has 0 bridgehead atoms. The molecule has 0 aliphatic heterocycles. The van der Waals surface area contributed by atoms with Gasteiger partial charge in [0.2, 0.25) is 5.91 Å². The van der Waals surface area contributed by atoms with Gasteiger partial charge in [0.1, 0.15) is 28.2 Å². The summed E-state index contributed by atoms with van der Waals surface area (Å²) in [5.41, 5.74) is 9.53. The van der Waals surface area contributed by atoms with E-state index in [1.165, 1.54) is 36.8 Å². The van der Waals surface area contributed by atoms with Crippen molar-refractivity contribution < 1.29 is 22.0 Å². The molecule has 1 amide bonds. The maximum atomic E-state index is 15.3. The third-order valence-electron chi connectivity index (χ3n) is 8.05. The molecule has 45 heavy (non-hydrogen) atoms. The number of nitrogens with two attached hydrogens (primary N) is 1. The van der Waals surface area contributed by atoms with Crippen molar-refractivity contribution in [1.82, 2.24) is 30.1 Å². The second-order valence-electron chi connectivity index (χ2n) is 11.2. The lowest BCUT2D eigenvalue weighted by molar-refractivity contribution is -0.122. The van der Waals surface area contributed by atoms with Crippen molar-refractivity contribution in [3.8, 4) is 33.9 Å². The van der Waals surface area contributed by atoms with Gasteiger partial charge in [0.15, 0.2) is 15.7 Å². The van der Waals surface area contributed by atoms with Gasteiger partial charge in [-0.25, -0.2) is 22.2 Å². The van der Waals surface area contributed by atoms with Crippen LogP contribution in [0.4, 0.5) is 14.5 Å². The number of carbonyl (C=O) groups is 1. The molecule has 2 aromatic carbocycles. The number of H-pyrrole nitrogens is 2. The first-order valence-electron chi connectivity index (χ1n) is 14.1. The van der Waals surface area contributed by atoms with Crippen LogP contribution in [0.25, 0.3) is 55.8 Å². The van der Waals surface area contributed by atoms with Crippen LogP contribution in [0.3, 0.4) is 0 Å². The average Bonchev–Trinajstić information content (AvgIpc) is 3.58. The molecule has 11 nitrogen and oxygen atoms in total. The number of anilines is 1. The number of aromatic amines is 2. The van der Waals surface area contributed by atoms with Gasteiger partial charge in [-0.1, -0.05) is 6.42 Å². The number of benzene rings is 2. The zero-order chi connectivity index (χ0) is 31.5. The molecule has 0 saturated heterocycles. The van der Waals surface area contributed by atoms with E-state index in [1.807, 2.05) is 0 Å². The molecule has 1 aliphatic carbocycles. The highest BCUT2D eigenvalue weighted by Crippen LogP contribution is 2.35. The van der Waals surface area contributed by atoms with Gasteiger partial charge in [0.25, 0.3) is 0 Å². The number of imidazole rings is 1. The molecule has 1 unspecified atom stereocenters. The maximum Gasteiger partial charge on any atom is 0.227 e. The lowest BCUT2D eigenvalue weighted by Gasteiger charge is -2.24. The summed E-state index contributed by atoms with van der Waals surface area (Å²) in [4.78, 5) is 29.0. The number of sulfone groups is 1. The summed E-state index contributed by atoms with van der Waals surface area (Å²) in [5, 5.41) is 9.25. The number of halogens is 2. The van der Waals surface area contributed by atoms with Crippen molar-refractivity contribution >= 4 is 43.4 Å². The van der Waals surface area contributed by atoms with Crippen LogP contribution in [-0.4, -0.2) is 50.7 Å².